The van der Waals surface area contributed by atoms with Crippen LogP contribution in [-0.4, -0.2) is 34.6 Å². The van der Waals surface area contributed by atoms with E-state index >= 15 is 0 Å². The number of carbonyl (C=O) groups excluding carboxylic acids is 1. The topological polar surface area (TPSA) is 69.6 Å². The number of rotatable bonds is 4. The maximum Gasteiger partial charge on any atom is 0.337 e. The lowest BCUT2D eigenvalue weighted by Crippen LogP contribution is -2.36. The number of carboxylic acids is 1. The Morgan fingerprint density at radius 3 is 2.68 bits per heavy atom. The molecule has 1 aliphatic rings. The van der Waals surface area contributed by atoms with Crippen LogP contribution in [0.4, 0.5) is 10.5 Å². The van der Waals surface area contributed by atoms with Gasteiger partial charge in [-0.15, -0.1) is 0 Å². The summed E-state index contributed by atoms with van der Waals surface area (Å²) in [6.45, 7) is 2.53. The number of hydrogen-bond donors (Lipinski definition) is 2. The lowest BCUT2D eigenvalue weighted by molar-refractivity contribution is 0.0698. The fraction of sp³-hybridized carbons (Fsp3) is 0.385. The van der Waals surface area contributed by atoms with Crippen molar-refractivity contribution in [3.63, 3.8) is 0 Å². The molecule has 102 valence electrons. The summed E-state index contributed by atoms with van der Waals surface area (Å²) < 4.78 is 0.724. The van der Waals surface area contributed by atoms with E-state index in [1.54, 1.807) is 17.0 Å². The summed E-state index contributed by atoms with van der Waals surface area (Å²) in [7, 11) is 0. The Kier molecular flexibility index (Phi) is 4.09. The fourth-order valence-electron chi connectivity index (χ4n) is 1.95. The Hall–Kier alpha value is -1.56. The van der Waals surface area contributed by atoms with Crippen molar-refractivity contribution >= 4 is 33.6 Å². The van der Waals surface area contributed by atoms with Gasteiger partial charge in [-0.05, 0) is 38.0 Å². The highest BCUT2D eigenvalue weighted by Crippen LogP contribution is 2.28. The number of nitrogens with one attached hydrogen (secondary N) is 1. The van der Waals surface area contributed by atoms with E-state index in [1.165, 1.54) is 6.07 Å². The van der Waals surface area contributed by atoms with Crippen LogP contribution in [0, 0.1) is 0 Å². The summed E-state index contributed by atoms with van der Waals surface area (Å²) in [6, 6.07) is 4.76. The van der Waals surface area contributed by atoms with Crippen molar-refractivity contribution in [2.24, 2.45) is 0 Å². The van der Waals surface area contributed by atoms with E-state index in [1.807, 2.05) is 6.92 Å². The van der Waals surface area contributed by atoms with Gasteiger partial charge in [0.1, 0.15) is 0 Å². The van der Waals surface area contributed by atoms with Gasteiger partial charge in [0.15, 0.2) is 0 Å². The molecule has 0 saturated heterocycles. The Labute approximate surface area is 119 Å². The molecular formula is C13H15BrN2O3. The summed E-state index contributed by atoms with van der Waals surface area (Å²) in [5, 5.41) is 11.8. The van der Waals surface area contributed by atoms with Crippen LogP contribution in [0.25, 0.3) is 0 Å². The minimum Gasteiger partial charge on any atom is -0.478 e. The van der Waals surface area contributed by atoms with Crippen LogP contribution < -0.4 is 5.32 Å². The average molecular weight is 327 g/mol. The number of halogens is 1. The molecule has 2 amide bonds. The van der Waals surface area contributed by atoms with Gasteiger partial charge in [-0.25, -0.2) is 9.59 Å². The molecule has 0 heterocycles. The molecule has 0 atom stereocenters. The summed E-state index contributed by atoms with van der Waals surface area (Å²) >= 11 is 3.27. The molecule has 0 aliphatic heterocycles. The van der Waals surface area contributed by atoms with E-state index in [-0.39, 0.29) is 11.6 Å². The molecule has 0 unspecified atom stereocenters. The van der Waals surface area contributed by atoms with Gasteiger partial charge < -0.3 is 15.3 Å². The minimum absolute atomic E-state index is 0.0865. The lowest BCUT2D eigenvalue weighted by Gasteiger charge is -2.21. The molecule has 0 bridgehead atoms. The number of nitrogens with zero attached hydrogens (tertiary/aromatic N) is 1. The summed E-state index contributed by atoms with van der Waals surface area (Å²) in [4.78, 5) is 25.0. The van der Waals surface area contributed by atoms with E-state index in [4.69, 9.17) is 5.11 Å². The number of anilines is 1. The molecule has 19 heavy (non-hydrogen) atoms. The molecule has 0 aromatic heterocycles. The van der Waals surface area contributed by atoms with Crippen molar-refractivity contribution in [2.75, 3.05) is 11.9 Å². The van der Waals surface area contributed by atoms with Crippen LogP contribution >= 0.6 is 15.9 Å². The van der Waals surface area contributed by atoms with Crippen LogP contribution in [0.2, 0.25) is 0 Å². The zero-order chi connectivity index (χ0) is 14.0. The SMILES string of the molecule is CCN(C(=O)Nc1cc(Br)ccc1C(=O)O)C1CC1. The molecule has 5 nitrogen and oxygen atoms in total. The predicted molar refractivity (Wildman–Crippen MR) is 75.5 cm³/mol. The van der Waals surface area contributed by atoms with Gasteiger partial charge >= 0.3 is 12.0 Å². The fourth-order valence-corrected chi connectivity index (χ4v) is 2.31. The van der Waals surface area contributed by atoms with Crippen LogP contribution in [0.5, 0.6) is 0 Å². The highest BCUT2D eigenvalue weighted by molar-refractivity contribution is 9.10. The van der Waals surface area contributed by atoms with Gasteiger partial charge in [0, 0.05) is 17.1 Å². The maximum atomic E-state index is 12.1. The molecule has 1 saturated carbocycles. The second-order valence-corrected chi connectivity index (χ2v) is 5.36. The van der Waals surface area contributed by atoms with Crippen LogP contribution in [0.15, 0.2) is 22.7 Å². The number of hydrogen-bond acceptors (Lipinski definition) is 2. The predicted octanol–water partition coefficient (Wildman–Crippen LogP) is 3.16. The summed E-state index contributed by atoms with van der Waals surface area (Å²) in [5.74, 6) is -1.06. The Morgan fingerprint density at radius 2 is 2.16 bits per heavy atom. The van der Waals surface area contributed by atoms with E-state index in [2.05, 4.69) is 21.2 Å². The number of carboxylic acid groups (broad SMARTS) is 1. The van der Waals surface area contributed by atoms with Gasteiger partial charge in [-0.1, -0.05) is 15.9 Å². The Balaban J connectivity index is 2.19. The summed E-state index contributed by atoms with van der Waals surface area (Å²) in [6.07, 6.45) is 2.04. The minimum atomic E-state index is -1.06. The maximum absolute atomic E-state index is 12.1. The quantitative estimate of drug-likeness (QED) is 0.892. The molecule has 0 spiro atoms. The van der Waals surface area contributed by atoms with Gasteiger partial charge in [-0.3, -0.25) is 0 Å². The Bertz CT molecular complexity index is 515. The molecule has 0 radical (unpaired) electrons. The first-order valence-corrected chi connectivity index (χ1v) is 6.92. The molecular weight excluding hydrogens is 312 g/mol. The van der Waals surface area contributed by atoms with Crippen molar-refractivity contribution in [3.8, 4) is 0 Å². The molecule has 1 fully saturated rings. The first kappa shape index (κ1) is 13.9. The van der Waals surface area contributed by atoms with Crippen molar-refractivity contribution < 1.29 is 14.7 Å². The molecule has 2 N–H and O–H groups in total. The first-order chi connectivity index (χ1) is 9.02. The smallest absolute Gasteiger partial charge is 0.337 e. The van der Waals surface area contributed by atoms with E-state index in [9.17, 15) is 9.59 Å². The first-order valence-electron chi connectivity index (χ1n) is 6.13. The normalized spacial score (nSPS) is 14.0. The number of aromatic carboxylic acids is 1. The van der Waals surface area contributed by atoms with Crippen molar-refractivity contribution in [1.29, 1.82) is 0 Å². The second kappa shape index (κ2) is 5.61. The number of amides is 2. The molecule has 1 aromatic rings. The average Bonchev–Trinajstić information content (AvgIpc) is 3.14. The monoisotopic (exact) mass is 326 g/mol. The van der Waals surface area contributed by atoms with Crippen LogP contribution in [0.1, 0.15) is 30.1 Å². The Morgan fingerprint density at radius 1 is 1.47 bits per heavy atom. The number of urea groups is 1. The second-order valence-electron chi connectivity index (χ2n) is 4.44. The van der Waals surface area contributed by atoms with Gasteiger partial charge in [0.05, 0.1) is 11.3 Å². The molecule has 1 aliphatic carbocycles. The van der Waals surface area contributed by atoms with Gasteiger partial charge in [-0.2, -0.15) is 0 Å². The van der Waals surface area contributed by atoms with Crippen LogP contribution in [-0.2, 0) is 0 Å². The van der Waals surface area contributed by atoms with Crippen molar-refractivity contribution in [3.05, 3.63) is 28.2 Å². The molecule has 6 heteroatoms. The zero-order valence-electron chi connectivity index (χ0n) is 10.5. The molecule has 2 rings (SSSR count). The van der Waals surface area contributed by atoms with Gasteiger partial charge in [0.2, 0.25) is 0 Å². The van der Waals surface area contributed by atoms with Crippen LogP contribution in [0.3, 0.4) is 0 Å². The number of carbonyl (C=O) groups is 2. The molecule has 1 aromatic carbocycles. The van der Waals surface area contributed by atoms with E-state index in [0.29, 0.717) is 18.3 Å². The number of benzene rings is 1. The standard InChI is InChI=1S/C13H15BrN2O3/c1-2-16(9-4-5-9)13(19)15-11-7-8(14)3-6-10(11)12(17)18/h3,6-7,9H,2,4-5H2,1H3,(H,15,19)(H,17,18). The third-order valence-electron chi connectivity index (χ3n) is 3.04. The highest BCUT2D eigenvalue weighted by atomic mass is 79.9. The van der Waals surface area contributed by atoms with E-state index < -0.39 is 5.97 Å². The van der Waals surface area contributed by atoms with E-state index in [0.717, 1.165) is 17.3 Å². The summed E-state index contributed by atoms with van der Waals surface area (Å²) in [5.41, 5.74) is 0.398. The third kappa shape index (κ3) is 3.26. The van der Waals surface area contributed by atoms with Crippen molar-refractivity contribution in [1.82, 2.24) is 4.90 Å². The van der Waals surface area contributed by atoms with Gasteiger partial charge in [0.25, 0.3) is 0 Å². The zero-order valence-corrected chi connectivity index (χ0v) is 12.1. The highest BCUT2D eigenvalue weighted by Gasteiger charge is 2.31. The lowest BCUT2D eigenvalue weighted by atomic mass is 10.2. The third-order valence-corrected chi connectivity index (χ3v) is 3.54. The largest absolute Gasteiger partial charge is 0.478 e. The van der Waals surface area contributed by atoms with Crippen molar-refractivity contribution in [2.45, 2.75) is 25.8 Å².